The van der Waals surface area contributed by atoms with E-state index >= 15 is 0 Å². The van der Waals surface area contributed by atoms with Gasteiger partial charge in [-0.2, -0.15) is 0 Å². The van der Waals surface area contributed by atoms with Crippen molar-refractivity contribution in [2.45, 2.75) is 71.6 Å². The summed E-state index contributed by atoms with van der Waals surface area (Å²) < 4.78 is 0. The molecule has 1 heteroatoms. The number of hydrogen-bond donors (Lipinski definition) is 0. The Morgan fingerprint density at radius 3 is 2.35 bits per heavy atom. The van der Waals surface area contributed by atoms with E-state index in [4.69, 9.17) is 0 Å². The first-order valence-electron chi connectivity index (χ1n) is 7.96. The highest BCUT2D eigenvalue weighted by Crippen LogP contribution is 2.44. The van der Waals surface area contributed by atoms with Crippen LogP contribution in [0.3, 0.4) is 0 Å². The molecule has 1 atom stereocenters. The summed E-state index contributed by atoms with van der Waals surface area (Å²) >= 11 is 0. The van der Waals surface area contributed by atoms with Crippen LogP contribution in [0.1, 0.15) is 71.6 Å². The molecular weight excluding hydrogens is 206 g/mol. The number of likely N-dealkylation sites (tertiary alicyclic amines) is 1. The fourth-order valence-electron chi connectivity index (χ4n) is 3.86. The van der Waals surface area contributed by atoms with E-state index in [-0.39, 0.29) is 0 Å². The molecule has 0 aromatic rings. The van der Waals surface area contributed by atoms with Crippen LogP contribution in [0, 0.1) is 11.3 Å². The molecule has 17 heavy (non-hydrogen) atoms. The van der Waals surface area contributed by atoms with E-state index in [0.717, 1.165) is 11.3 Å². The summed E-state index contributed by atoms with van der Waals surface area (Å²) in [7, 11) is 0. The fraction of sp³-hybridized carbons (Fsp3) is 1.00. The summed E-state index contributed by atoms with van der Waals surface area (Å²) in [6.07, 6.45) is 13.4. The first kappa shape index (κ1) is 13.4. The average Bonchev–Trinajstić information content (AvgIpc) is 2.54. The second kappa shape index (κ2) is 6.22. The lowest BCUT2D eigenvalue weighted by Crippen LogP contribution is -2.31. The van der Waals surface area contributed by atoms with Gasteiger partial charge in [-0.1, -0.05) is 39.5 Å². The Balaban J connectivity index is 1.84. The molecule has 1 saturated heterocycles. The molecule has 1 aliphatic carbocycles. The lowest BCUT2D eigenvalue weighted by atomic mass is 9.69. The van der Waals surface area contributed by atoms with Crippen LogP contribution in [0.2, 0.25) is 0 Å². The van der Waals surface area contributed by atoms with Gasteiger partial charge in [0, 0.05) is 6.54 Å². The molecule has 1 saturated carbocycles. The van der Waals surface area contributed by atoms with Crippen molar-refractivity contribution in [3.63, 3.8) is 0 Å². The minimum absolute atomic E-state index is 0.766. The number of nitrogens with zero attached hydrogens (tertiary/aromatic N) is 1. The summed E-state index contributed by atoms with van der Waals surface area (Å²) in [5, 5.41) is 0. The molecule has 0 bridgehead atoms. The largest absolute Gasteiger partial charge is 0.303 e. The van der Waals surface area contributed by atoms with Crippen LogP contribution in [-0.4, -0.2) is 24.5 Å². The molecular formula is C16H31N. The molecule has 1 unspecified atom stereocenters. The van der Waals surface area contributed by atoms with Crippen molar-refractivity contribution < 1.29 is 0 Å². The van der Waals surface area contributed by atoms with Crippen molar-refractivity contribution in [1.82, 2.24) is 4.90 Å². The van der Waals surface area contributed by atoms with Gasteiger partial charge in [0.25, 0.3) is 0 Å². The first-order chi connectivity index (χ1) is 8.24. The van der Waals surface area contributed by atoms with Crippen molar-refractivity contribution >= 4 is 0 Å². The van der Waals surface area contributed by atoms with Crippen molar-refractivity contribution in [1.29, 1.82) is 0 Å². The molecule has 2 aliphatic rings. The predicted molar refractivity (Wildman–Crippen MR) is 75.3 cm³/mol. The van der Waals surface area contributed by atoms with Gasteiger partial charge in [0.2, 0.25) is 0 Å². The van der Waals surface area contributed by atoms with Crippen LogP contribution in [-0.2, 0) is 0 Å². The minimum atomic E-state index is 0.766. The standard InChI is InChI=1S/C16H31N/c1-3-15(2)14-17-12-7-10-16(11-13-17)8-5-4-6-9-16/h15H,3-14H2,1-2H3. The lowest BCUT2D eigenvalue weighted by molar-refractivity contribution is 0.155. The fourth-order valence-corrected chi connectivity index (χ4v) is 3.86. The van der Waals surface area contributed by atoms with Gasteiger partial charge in [-0.15, -0.1) is 0 Å². The topological polar surface area (TPSA) is 3.24 Å². The smallest absolute Gasteiger partial charge is 0.000692 e. The van der Waals surface area contributed by atoms with E-state index in [9.17, 15) is 0 Å². The van der Waals surface area contributed by atoms with E-state index in [2.05, 4.69) is 18.7 Å². The summed E-state index contributed by atoms with van der Waals surface area (Å²) in [5.74, 6) is 0.885. The van der Waals surface area contributed by atoms with Gasteiger partial charge in [-0.3, -0.25) is 0 Å². The van der Waals surface area contributed by atoms with Crippen LogP contribution < -0.4 is 0 Å². The Labute approximate surface area is 108 Å². The molecule has 0 amide bonds. The van der Waals surface area contributed by atoms with E-state index in [1.165, 1.54) is 77.4 Å². The molecule has 1 aliphatic heterocycles. The Morgan fingerprint density at radius 1 is 0.941 bits per heavy atom. The van der Waals surface area contributed by atoms with Crippen molar-refractivity contribution in [2.24, 2.45) is 11.3 Å². The highest BCUT2D eigenvalue weighted by Gasteiger charge is 2.33. The quantitative estimate of drug-likeness (QED) is 0.700. The van der Waals surface area contributed by atoms with E-state index in [0.29, 0.717) is 0 Å². The van der Waals surface area contributed by atoms with Crippen LogP contribution in [0.25, 0.3) is 0 Å². The van der Waals surface area contributed by atoms with Gasteiger partial charge < -0.3 is 4.90 Å². The van der Waals surface area contributed by atoms with E-state index < -0.39 is 0 Å². The van der Waals surface area contributed by atoms with Crippen molar-refractivity contribution in [3.05, 3.63) is 0 Å². The molecule has 0 aromatic heterocycles. The Morgan fingerprint density at radius 2 is 1.65 bits per heavy atom. The molecule has 0 N–H and O–H groups in total. The van der Waals surface area contributed by atoms with Gasteiger partial charge in [0.05, 0.1) is 0 Å². The van der Waals surface area contributed by atoms with Crippen LogP contribution in [0.5, 0.6) is 0 Å². The summed E-state index contributed by atoms with van der Waals surface area (Å²) in [6.45, 7) is 8.81. The van der Waals surface area contributed by atoms with Gasteiger partial charge in [0.1, 0.15) is 0 Å². The Bertz CT molecular complexity index is 218. The monoisotopic (exact) mass is 237 g/mol. The maximum absolute atomic E-state index is 2.75. The van der Waals surface area contributed by atoms with Gasteiger partial charge in [0.15, 0.2) is 0 Å². The second-order valence-electron chi connectivity index (χ2n) is 6.73. The molecule has 2 fully saturated rings. The van der Waals surface area contributed by atoms with Crippen molar-refractivity contribution in [3.8, 4) is 0 Å². The lowest BCUT2D eigenvalue weighted by Gasteiger charge is -2.36. The minimum Gasteiger partial charge on any atom is -0.303 e. The molecule has 0 radical (unpaired) electrons. The predicted octanol–water partition coefficient (Wildman–Crippen LogP) is 4.47. The van der Waals surface area contributed by atoms with Crippen molar-refractivity contribution in [2.75, 3.05) is 19.6 Å². The van der Waals surface area contributed by atoms with E-state index in [1.54, 1.807) is 0 Å². The normalized spacial score (nSPS) is 27.9. The third-order valence-corrected chi connectivity index (χ3v) is 5.32. The maximum Gasteiger partial charge on any atom is 0.000692 e. The number of hydrogen-bond acceptors (Lipinski definition) is 1. The molecule has 1 nitrogen and oxygen atoms in total. The zero-order valence-corrected chi connectivity index (χ0v) is 12.0. The molecule has 1 spiro atoms. The van der Waals surface area contributed by atoms with Crippen LogP contribution in [0.15, 0.2) is 0 Å². The zero-order valence-electron chi connectivity index (χ0n) is 12.0. The first-order valence-corrected chi connectivity index (χ1v) is 7.96. The van der Waals surface area contributed by atoms with Gasteiger partial charge in [-0.25, -0.2) is 0 Å². The Kier molecular flexibility index (Phi) is 4.90. The molecule has 1 heterocycles. The zero-order chi connectivity index (χ0) is 12.1. The second-order valence-corrected chi connectivity index (χ2v) is 6.73. The number of rotatable bonds is 3. The molecule has 100 valence electrons. The van der Waals surface area contributed by atoms with Gasteiger partial charge in [-0.05, 0) is 56.5 Å². The summed E-state index contributed by atoms with van der Waals surface area (Å²) in [6, 6.07) is 0. The van der Waals surface area contributed by atoms with E-state index in [1.807, 2.05) is 0 Å². The highest BCUT2D eigenvalue weighted by molar-refractivity contribution is 4.86. The Hall–Kier alpha value is -0.0400. The average molecular weight is 237 g/mol. The molecule has 0 aromatic carbocycles. The molecule has 2 rings (SSSR count). The van der Waals surface area contributed by atoms with Gasteiger partial charge >= 0.3 is 0 Å². The third-order valence-electron chi connectivity index (χ3n) is 5.32. The maximum atomic E-state index is 2.75. The summed E-state index contributed by atoms with van der Waals surface area (Å²) in [5.41, 5.74) is 0.766. The van der Waals surface area contributed by atoms with Crippen LogP contribution >= 0.6 is 0 Å². The van der Waals surface area contributed by atoms with Crippen LogP contribution in [0.4, 0.5) is 0 Å². The highest BCUT2D eigenvalue weighted by atomic mass is 15.1. The SMILES string of the molecule is CCC(C)CN1CCCC2(CCCCC2)CC1. The summed E-state index contributed by atoms with van der Waals surface area (Å²) in [4.78, 5) is 2.75. The third kappa shape index (κ3) is 3.71.